The van der Waals surface area contributed by atoms with Gasteiger partial charge < -0.3 is 29.4 Å². The number of unbranched alkanes of at least 4 members (excludes halogenated alkanes) is 3. The summed E-state index contributed by atoms with van der Waals surface area (Å²) in [7, 11) is -32.0. The number of rotatable bonds is 9. The van der Waals surface area contributed by atoms with Crippen LogP contribution in [0.15, 0.2) is 189 Å². The summed E-state index contributed by atoms with van der Waals surface area (Å²) in [5.74, 6) is 0.667. The van der Waals surface area contributed by atoms with E-state index in [0.717, 1.165) is 81.2 Å². The number of pyridine rings is 8. The van der Waals surface area contributed by atoms with Crippen molar-refractivity contribution >= 4 is 46.6 Å². The van der Waals surface area contributed by atoms with Crippen LogP contribution in [-0.4, -0.2) is 68.1 Å². The molecule has 0 amide bonds. The molecule has 9 heterocycles. The molecule has 0 radical (unpaired) electrons. The molecule has 0 aliphatic rings. The fourth-order valence-electron chi connectivity index (χ4n) is 5.48. The van der Waals surface area contributed by atoms with Crippen LogP contribution < -0.4 is 5.10 Å². The maximum Gasteiger partial charge on any atom is 2.00 e. The van der Waals surface area contributed by atoms with Crippen molar-refractivity contribution in [3.05, 3.63) is 189 Å². The summed E-state index contributed by atoms with van der Waals surface area (Å²) in [6, 6.07) is 52.3. The van der Waals surface area contributed by atoms with E-state index < -0.39 is 23.4 Å². The predicted octanol–water partition coefficient (Wildman–Crippen LogP) is 22.7. The molecule has 0 N–H and O–H groups in total. The second-order valence-electron chi connectivity index (χ2n) is 19.3. The van der Waals surface area contributed by atoms with E-state index in [1.165, 1.54) is 55.4 Å². The van der Waals surface area contributed by atoms with Gasteiger partial charge in [0, 0.05) is 55.7 Å². The second-order valence-corrected chi connectivity index (χ2v) is 25.0. The van der Waals surface area contributed by atoms with Crippen molar-refractivity contribution in [3.63, 3.8) is 0 Å². The average molecular weight is 1670 g/mol. The van der Waals surface area contributed by atoms with E-state index in [1.807, 2.05) is 164 Å². The van der Waals surface area contributed by atoms with Crippen LogP contribution in [0.25, 0.3) is 68.3 Å². The molecule has 100 heavy (non-hydrogen) atoms. The summed E-state index contributed by atoms with van der Waals surface area (Å²) in [6.07, 6.45) is 13.5. The number of ketones is 4. The minimum Gasteiger partial charge on any atom is -0.573 e. The first-order valence-corrected chi connectivity index (χ1v) is 33.3. The Morgan fingerprint density at radius 2 is 0.500 bits per heavy atom. The molecule has 0 aromatic carbocycles. The molecule has 0 saturated heterocycles. The quantitative estimate of drug-likeness (QED) is 0.0564. The molecule has 0 unspecified atom stereocenters. The predicted molar refractivity (Wildman–Crippen MR) is 341 cm³/mol. The van der Waals surface area contributed by atoms with Gasteiger partial charge in [-0.2, -0.15) is 10.5 Å². The Hall–Kier alpha value is -8.65. The van der Waals surface area contributed by atoms with E-state index in [0.29, 0.717) is 12.8 Å². The largest absolute Gasteiger partial charge is 2.00 e. The van der Waals surface area contributed by atoms with Crippen molar-refractivity contribution in [2.24, 2.45) is 0 Å². The molecule has 39 heteroatoms. The van der Waals surface area contributed by atoms with Crippen LogP contribution in [0.5, 0.6) is 0 Å². The van der Waals surface area contributed by atoms with Crippen LogP contribution in [0.2, 0.25) is 0 Å². The van der Waals surface area contributed by atoms with Crippen molar-refractivity contribution in [1.82, 2.24) is 50.1 Å². The first-order chi connectivity index (χ1) is 44.5. The minimum atomic E-state index is -10.7. The molecule has 0 fully saturated rings. The zero-order chi connectivity index (χ0) is 75.7. The van der Waals surface area contributed by atoms with Crippen molar-refractivity contribution in [2.75, 3.05) is 0 Å². The van der Waals surface area contributed by atoms with Crippen LogP contribution in [0.3, 0.4) is 0 Å². The van der Waals surface area contributed by atoms with Crippen LogP contribution in [-0.2, 0) is 58.1 Å². The Morgan fingerprint density at radius 3 is 0.680 bits per heavy atom. The van der Waals surface area contributed by atoms with Crippen LogP contribution in [0.4, 0.5) is 75.5 Å². The average Bonchev–Trinajstić information content (AvgIpc) is 0.843. The molecular formula is C61H63F18N12O4P3Ru2. The third kappa shape index (κ3) is 73.6. The first-order valence-electron chi connectivity index (χ1n) is 27.2. The summed E-state index contributed by atoms with van der Waals surface area (Å²) in [6.45, 7) is 12.2. The monoisotopic (exact) mass is 1670 g/mol. The van der Waals surface area contributed by atoms with Crippen LogP contribution in [0, 0.1) is 22.7 Å². The minimum absolute atomic E-state index is 0. The number of aromatic nitrogens is 10. The molecule has 0 bridgehead atoms. The fraction of sp³-hybridized carbons (Fsp3) is 0.197. The molecule has 0 saturated carbocycles. The number of nitriles is 2. The zero-order valence-corrected chi connectivity index (χ0v) is 59.7. The van der Waals surface area contributed by atoms with E-state index in [4.69, 9.17) is 10.5 Å². The van der Waals surface area contributed by atoms with Gasteiger partial charge in [0.05, 0.1) is 69.1 Å². The number of Topliss-reactive ketones (excluding diaryl/α,β-unsaturated/α-hetero) is 4. The molecular weight excluding hydrogens is 1600 g/mol. The van der Waals surface area contributed by atoms with E-state index in [-0.39, 0.29) is 62.1 Å². The maximum absolute atomic E-state index is 10.7. The third-order valence-corrected chi connectivity index (χ3v) is 8.43. The van der Waals surface area contributed by atoms with Gasteiger partial charge in [0.15, 0.2) is 0 Å². The number of hydrogen-bond donors (Lipinski definition) is 0. The smallest absolute Gasteiger partial charge is 0.573 e. The summed E-state index contributed by atoms with van der Waals surface area (Å²) in [5.41, 5.74) is 10.1. The van der Waals surface area contributed by atoms with Gasteiger partial charge in [0.1, 0.15) is 23.1 Å². The van der Waals surface area contributed by atoms with Crippen LogP contribution >= 0.6 is 23.4 Å². The van der Waals surface area contributed by atoms with E-state index >= 15 is 0 Å². The van der Waals surface area contributed by atoms with Crippen molar-refractivity contribution < 1.29 is 134 Å². The molecule has 0 atom stereocenters. The summed E-state index contributed by atoms with van der Waals surface area (Å²) in [4.78, 5) is 72.6. The summed E-state index contributed by atoms with van der Waals surface area (Å²) < 4.78 is 178. The molecule has 9 rings (SSSR count). The Kier molecular flexibility index (Phi) is 40.9. The van der Waals surface area contributed by atoms with E-state index in [2.05, 4.69) is 50.1 Å². The maximum atomic E-state index is 9.87. The van der Waals surface area contributed by atoms with Gasteiger partial charge in [0.2, 0.25) is 0 Å². The van der Waals surface area contributed by atoms with Gasteiger partial charge in [0.25, 0.3) is 0 Å². The molecule has 9 aromatic heterocycles. The van der Waals surface area contributed by atoms with Crippen LogP contribution in [0.1, 0.15) is 81.1 Å². The van der Waals surface area contributed by atoms with Gasteiger partial charge in [-0.3, -0.25) is 29.9 Å². The van der Waals surface area contributed by atoms with Crippen molar-refractivity contribution in [3.8, 4) is 80.5 Å². The number of carbonyl (C=O) groups is 4. The van der Waals surface area contributed by atoms with E-state index in [9.17, 15) is 94.7 Å². The summed E-state index contributed by atoms with van der Waals surface area (Å²) in [5, 5.41) is 24.3. The van der Waals surface area contributed by atoms with Crippen molar-refractivity contribution in [2.45, 2.75) is 81.1 Å². The van der Waals surface area contributed by atoms with Gasteiger partial charge in [-0.1, -0.05) is 54.2 Å². The number of halogens is 18. The number of carbonyl (C=O) groups excluding carboxylic acids is 4. The summed E-state index contributed by atoms with van der Waals surface area (Å²) >= 11 is 0. The number of hydrogen-bond acceptors (Lipinski definition) is 15. The molecule has 16 nitrogen and oxygen atoms in total. The van der Waals surface area contributed by atoms with Crippen molar-refractivity contribution in [1.29, 1.82) is 10.5 Å². The molecule has 548 valence electrons. The number of nitrogens with zero attached hydrogens (tertiary/aromatic N) is 12. The first kappa shape index (κ1) is 97.7. The third-order valence-electron chi connectivity index (χ3n) is 8.43. The second kappa shape index (κ2) is 41.8. The molecule has 0 aliphatic heterocycles. The molecule has 9 aromatic rings. The van der Waals surface area contributed by atoms with Gasteiger partial charge in [-0.15, -0.1) is 0 Å². The Bertz CT molecular complexity index is 3480. The molecule has 0 aliphatic carbocycles. The van der Waals surface area contributed by atoms with Gasteiger partial charge >= 0.3 is 138 Å². The van der Waals surface area contributed by atoms with Gasteiger partial charge in [-0.25, -0.2) is 9.97 Å². The Morgan fingerprint density at radius 1 is 0.320 bits per heavy atom. The topological polar surface area (TPSA) is 246 Å². The Labute approximate surface area is 588 Å². The standard InChI is InChI=1S/2C15H11N3.C13H9N4.C6H8N2.4C3H6O.3F6P.2Ru/c2*1-3-10-16-12(6-1)14-8-5-9-15(18-14)13-7-2-4-11-17-13;1-3-7-14-10(5-1)12-9-13(17-16-12)11-6-2-4-8-15-11;7-5-3-1-2-4-6-8;4*1-3(2)4;3*1-7(2,3,4,5)6;;/h2*1-11H;1-9H;1-4H2;4*1-2H3;;;;;/q;;-1;;;;;;3*-1;2*+2. The van der Waals surface area contributed by atoms with E-state index in [1.54, 1.807) is 37.2 Å². The normalized spacial score (nSPS) is 11.9. The Balaban J connectivity index is -0.000000533. The zero-order valence-electron chi connectivity index (χ0n) is 53.6. The molecule has 0 spiro atoms. The SMILES string of the molecule is CC(C)=O.CC(C)=O.CC(C)=O.CC(C)=O.F[P-](F)(F)(F)(F)F.F[P-](F)(F)(F)(F)F.F[P-](F)(F)(F)(F)F.N#CCCCCC#N.[Ru+2].[Ru+2].c1ccc(-c2cc(-c3ccccn3)[n-]n2)nc1.c1ccc(-c2cccc(-c3ccccn3)n2)nc1.c1ccc(-c2cccc(-c3ccccn3)n2)nc1. The van der Waals surface area contributed by atoms with Gasteiger partial charge in [-0.05, 0) is 171 Å². The fourth-order valence-corrected chi connectivity index (χ4v) is 5.48.